The zero-order valence-corrected chi connectivity index (χ0v) is 36.2. The molecule has 14 rings (SSSR count). The highest BCUT2D eigenvalue weighted by Gasteiger charge is 2.33. The van der Waals surface area contributed by atoms with Crippen molar-refractivity contribution in [2.45, 2.75) is 12.3 Å². The van der Waals surface area contributed by atoms with Crippen molar-refractivity contribution >= 4 is 65.3 Å². The molecule has 1 nitrogen and oxygen atoms in total. The molecule has 12 aromatic carbocycles. The molecule has 0 radical (unpaired) electrons. The molecule has 0 fully saturated rings. The lowest BCUT2D eigenvalue weighted by Gasteiger charge is -2.19. The summed E-state index contributed by atoms with van der Waals surface area (Å²) in [6, 6.07) is 85.9. The summed E-state index contributed by atoms with van der Waals surface area (Å²) in [5, 5.41) is 12.5. The molecule has 1 aliphatic heterocycles. The average molecular weight is 836 g/mol. The molecule has 66 heavy (non-hydrogen) atoms. The Morgan fingerprint density at radius 2 is 0.758 bits per heavy atom. The summed E-state index contributed by atoms with van der Waals surface area (Å²) in [7, 11) is 0. The van der Waals surface area contributed by atoms with Crippen molar-refractivity contribution in [1.29, 1.82) is 0 Å². The fraction of sp³-hybridized carbons (Fsp3) is 0.0308. The van der Waals surface area contributed by atoms with Crippen LogP contribution in [0.5, 0.6) is 0 Å². The van der Waals surface area contributed by atoms with Crippen LogP contribution in [0.25, 0.3) is 109 Å². The highest BCUT2D eigenvalue weighted by atomic mass is 14.8. The normalized spacial score (nSPS) is 13.9. The third-order valence-corrected chi connectivity index (χ3v) is 14.5. The van der Waals surface area contributed by atoms with Crippen LogP contribution in [-0.2, 0) is 6.42 Å². The topological polar surface area (TPSA) is 12.4 Å². The summed E-state index contributed by atoms with van der Waals surface area (Å²) in [6.07, 6.45) is 0.945. The number of nitrogens with zero attached hydrogens (tertiary/aromatic N) is 1. The predicted molar refractivity (Wildman–Crippen MR) is 280 cm³/mol. The lowest BCUT2D eigenvalue weighted by molar-refractivity contribution is 0.905. The summed E-state index contributed by atoms with van der Waals surface area (Å²) in [4.78, 5) is 5.20. The maximum atomic E-state index is 5.20. The molecule has 0 aromatic heterocycles. The van der Waals surface area contributed by atoms with Crippen LogP contribution in [-0.4, -0.2) is 5.71 Å². The molecule has 0 saturated carbocycles. The maximum absolute atomic E-state index is 5.20. The van der Waals surface area contributed by atoms with Crippen LogP contribution >= 0.6 is 0 Å². The second-order valence-corrected chi connectivity index (χ2v) is 18.2. The molecule has 306 valence electrons. The number of hydrogen-bond donors (Lipinski definition) is 0. The van der Waals surface area contributed by atoms with E-state index >= 15 is 0 Å². The van der Waals surface area contributed by atoms with E-state index in [1.165, 1.54) is 132 Å². The largest absolute Gasteiger partial charge is 0.252 e. The third-order valence-electron chi connectivity index (χ3n) is 14.5. The van der Waals surface area contributed by atoms with Gasteiger partial charge in [0.05, 0.1) is 11.4 Å². The molecule has 0 N–H and O–H groups in total. The van der Waals surface area contributed by atoms with Crippen molar-refractivity contribution in [2.75, 3.05) is 0 Å². The van der Waals surface area contributed by atoms with Crippen molar-refractivity contribution in [3.05, 3.63) is 247 Å². The van der Waals surface area contributed by atoms with Gasteiger partial charge in [-0.2, -0.15) is 0 Å². The second-order valence-electron chi connectivity index (χ2n) is 18.2. The smallest absolute Gasteiger partial charge is 0.0672 e. The molecule has 1 atom stereocenters. The Morgan fingerprint density at radius 3 is 1.45 bits per heavy atom. The van der Waals surface area contributed by atoms with E-state index in [0.29, 0.717) is 0 Å². The number of rotatable bonds is 4. The van der Waals surface area contributed by atoms with Gasteiger partial charge in [0.15, 0.2) is 0 Å². The van der Waals surface area contributed by atoms with Crippen LogP contribution in [0.4, 0.5) is 5.69 Å². The fourth-order valence-electron chi connectivity index (χ4n) is 11.3. The van der Waals surface area contributed by atoms with E-state index in [1.807, 2.05) is 0 Å². The van der Waals surface area contributed by atoms with Gasteiger partial charge in [-0.05, 0) is 170 Å². The first-order valence-electron chi connectivity index (χ1n) is 23.1. The average Bonchev–Trinajstić information content (AvgIpc) is 3.68. The van der Waals surface area contributed by atoms with Crippen LogP contribution < -0.4 is 0 Å². The van der Waals surface area contributed by atoms with Gasteiger partial charge >= 0.3 is 0 Å². The van der Waals surface area contributed by atoms with Gasteiger partial charge in [-0.1, -0.05) is 188 Å². The van der Waals surface area contributed by atoms with Gasteiger partial charge in [-0.15, -0.1) is 0 Å². The van der Waals surface area contributed by atoms with E-state index in [9.17, 15) is 0 Å². The summed E-state index contributed by atoms with van der Waals surface area (Å²) < 4.78 is 0. The molecule has 1 aliphatic carbocycles. The van der Waals surface area contributed by atoms with Gasteiger partial charge in [0.1, 0.15) is 0 Å². The Balaban J connectivity index is 0.892. The predicted octanol–water partition coefficient (Wildman–Crippen LogP) is 17.6. The first kappa shape index (κ1) is 37.0. The number of para-hydroxylation sites is 1. The molecule has 1 heterocycles. The first-order valence-corrected chi connectivity index (χ1v) is 23.1. The number of benzene rings is 12. The Hall–Kier alpha value is -8.39. The van der Waals surface area contributed by atoms with E-state index in [2.05, 4.69) is 231 Å². The van der Waals surface area contributed by atoms with E-state index in [1.54, 1.807) is 0 Å². The van der Waals surface area contributed by atoms with Gasteiger partial charge in [0.2, 0.25) is 0 Å². The molecular formula is C65H41N. The van der Waals surface area contributed by atoms with Gasteiger partial charge in [0.25, 0.3) is 0 Å². The van der Waals surface area contributed by atoms with Crippen molar-refractivity contribution < 1.29 is 0 Å². The molecule has 0 bridgehead atoms. The van der Waals surface area contributed by atoms with Crippen molar-refractivity contribution in [3.8, 4) is 55.6 Å². The quantitative estimate of drug-likeness (QED) is 0.157. The fourth-order valence-corrected chi connectivity index (χ4v) is 11.3. The summed E-state index contributed by atoms with van der Waals surface area (Å²) in [5.74, 6) is 0.267. The van der Waals surface area contributed by atoms with Gasteiger partial charge in [0, 0.05) is 11.5 Å². The Morgan fingerprint density at radius 1 is 0.303 bits per heavy atom. The lowest BCUT2D eigenvalue weighted by atomic mass is 9.84. The van der Waals surface area contributed by atoms with E-state index in [-0.39, 0.29) is 5.92 Å². The summed E-state index contributed by atoms with van der Waals surface area (Å²) in [6.45, 7) is 0. The van der Waals surface area contributed by atoms with Crippen molar-refractivity contribution in [1.82, 2.24) is 0 Å². The molecular weight excluding hydrogens is 795 g/mol. The van der Waals surface area contributed by atoms with Crippen molar-refractivity contribution in [3.63, 3.8) is 0 Å². The van der Waals surface area contributed by atoms with Crippen LogP contribution in [0, 0.1) is 0 Å². The van der Waals surface area contributed by atoms with Crippen LogP contribution in [0.3, 0.4) is 0 Å². The molecule has 12 aromatic rings. The highest BCUT2D eigenvalue weighted by molar-refractivity contribution is 6.23. The summed E-state index contributed by atoms with van der Waals surface area (Å²) >= 11 is 0. The minimum absolute atomic E-state index is 0.267. The maximum Gasteiger partial charge on any atom is 0.0672 e. The zero-order chi connectivity index (χ0) is 43.3. The Labute approximate surface area is 383 Å². The van der Waals surface area contributed by atoms with Crippen LogP contribution in [0.1, 0.15) is 22.6 Å². The van der Waals surface area contributed by atoms with Crippen molar-refractivity contribution in [2.24, 2.45) is 4.99 Å². The third kappa shape index (κ3) is 5.83. The number of fused-ring (bicyclic) bond motifs is 12. The highest BCUT2D eigenvalue weighted by Crippen LogP contribution is 2.48. The Kier molecular flexibility index (Phi) is 8.18. The molecule has 0 amide bonds. The SMILES string of the molecule is c1ccc2c(c1)N=C1c3ccccc3-c3cc(-c4ccc5cc(-c6ccc7c(-c8ccc9ccccc9c8)c8ccccc8c(-c8ccc9ccccc9c8)c7c6)ccc5c4)ccc3CC12. The Bertz CT molecular complexity index is 4040. The molecule has 0 spiro atoms. The lowest BCUT2D eigenvalue weighted by Crippen LogP contribution is -2.11. The van der Waals surface area contributed by atoms with E-state index < -0.39 is 0 Å². The monoisotopic (exact) mass is 835 g/mol. The van der Waals surface area contributed by atoms with Crippen LogP contribution in [0.2, 0.25) is 0 Å². The van der Waals surface area contributed by atoms with E-state index in [4.69, 9.17) is 4.99 Å². The first-order chi connectivity index (χ1) is 32.7. The number of aliphatic imine (C=N–C) groups is 1. The second kappa shape index (κ2) is 14.6. The molecule has 1 unspecified atom stereocenters. The number of hydrogen-bond acceptors (Lipinski definition) is 1. The standard InChI is InChI=1S/C65H41N/c1-3-13-42-35-51(29-21-40(42)11-1)63-55-17-6-7-18-56(55)64(52-30-22-41-12-2-4-14-43(41)36-52)60-38-49(31-32-57(60)63)47-26-24-44-33-46(25-23-45(44)34-47)48-27-28-50-39-61-54-16-9-10-20-62(54)66-65(61)58-19-8-5-15-53(58)59(50)37-48/h1-38,61H,39H2. The molecule has 1 heteroatoms. The zero-order valence-electron chi connectivity index (χ0n) is 36.2. The minimum atomic E-state index is 0.267. The van der Waals surface area contributed by atoms with Crippen LogP contribution in [0.15, 0.2) is 236 Å². The summed E-state index contributed by atoms with van der Waals surface area (Å²) in [5.41, 5.74) is 18.7. The minimum Gasteiger partial charge on any atom is -0.252 e. The molecule has 2 aliphatic rings. The van der Waals surface area contributed by atoms with Gasteiger partial charge in [-0.25, -0.2) is 0 Å². The van der Waals surface area contributed by atoms with Gasteiger partial charge < -0.3 is 0 Å². The molecule has 0 saturated heterocycles. The van der Waals surface area contributed by atoms with E-state index in [0.717, 1.165) is 12.1 Å². The van der Waals surface area contributed by atoms with Gasteiger partial charge in [-0.3, -0.25) is 4.99 Å².